The Balaban J connectivity index is 1.47. The number of hydrogen-bond donors (Lipinski definition) is 0. The number of imidazole rings is 2. The minimum atomic E-state index is 0.544. The molecule has 6 heteroatoms. The third-order valence-corrected chi connectivity index (χ3v) is 7.65. The van der Waals surface area contributed by atoms with Gasteiger partial charge >= 0.3 is 0 Å². The van der Waals surface area contributed by atoms with Crippen molar-refractivity contribution in [3.05, 3.63) is 93.9 Å². The molecule has 0 amide bonds. The summed E-state index contributed by atoms with van der Waals surface area (Å²) in [7, 11) is 0. The van der Waals surface area contributed by atoms with E-state index in [1.54, 1.807) is 0 Å². The fourth-order valence-corrected chi connectivity index (χ4v) is 6.18. The quantitative estimate of drug-likeness (QED) is 0.288. The van der Waals surface area contributed by atoms with Crippen molar-refractivity contribution >= 4 is 28.5 Å². The van der Waals surface area contributed by atoms with E-state index < -0.39 is 0 Å². The van der Waals surface area contributed by atoms with E-state index in [2.05, 4.69) is 77.1 Å². The molecule has 1 fully saturated rings. The molecule has 5 nitrogen and oxygen atoms in total. The molecule has 3 aromatic heterocycles. The zero-order valence-corrected chi connectivity index (χ0v) is 21.3. The van der Waals surface area contributed by atoms with E-state index in [4.69, 9.17) is 21.6 Å². The van der Waals surface area contributed by atoms with E-state index in [1.165, 1.54) is 24.1 Å². The molecule has 178 valence electrons. The highest BCUT2D eigenvalue weighted by atomic mass is 35.5. The summed E-state index contributed by atoms with van der Waals surface area (Å²) in [5, 5.41) is 0.720. The molecule has 0 N–H and O–H groups in total. The molecule has 0 radical (unpaired) electrons. The van der Waals surface area contributed by atoms with Crippen LogP contribution in [0, 0.1) is 20.8 Å². The minimum Gasteiger partial charge on any atom is -0.294 e. The monoisotopic (exact) mass is 483 g/mol. The van der Waals surface area contributed by atoms with Crippen molar-refractivity contribution in [2.24, 2.45) is 0 Å². The van der Waals surface area contributed by atoms with Gasteiger partial charge in [-0.25, -0.2) is 9.97 Å². The van der Waals surface area contributed by atoms with Crippen molar-refractivity contribution in [1.82, 2.24) is 23.8 Å². The van der Waals surface area contributed by atoms with Crippen LogP contribution in [0.5, 0.6) is 0 Å². The van der Waals surface area contributed by atoms with Crippen molar-refractivity contribution in [3.8, 4) is 5.69 Å². The smallest absolute Gasteiger partial charge is 0.221 e. The lowest BCUT2D eigenvalue weighted by atomic mass is 10.0. The highest BCUT2D eigenvalue weighted by molar-refractivity contribution is 6.32. The fourth-order valence-electron chi connectivity index (χ4n) is 5.78. The molecule has 5 aromatic rings. The van der Waals surface area contributed by atoms with Gasteiger partial charge in [0.15, 0.2) is 5.65 Å². The summed E-state index contributed by atoms with van der Waals surface area (Å²) >= 11 is 6.81. The number of fused-ring (bicyclic) bond motifs is 3. The predicted octanol–water partition coefficient (Wildman–Crippen LogP) is 6.46. The lowest BCUT2D eigenvalue weighted by Crippen LogP contribution is -2.31. The Bertz CT molecular complexity index is 1510. The first-order valence-corrected chi connectivity index (χ1v) is 12.8. The first kappa shape index (κ1) is 22.3. The summed E-state index contributed by atoms with van der Waals surface area (Å²) in [5.74, 6) is 0.874. The Morgan fingerprint density at radius 2 is 1.86 bits per heavy atom. The number of aromatic nitrogens is 4. The van der Waals surface area contributed by atoms with Crippen LogP contribution in [0.4, 0.5) is 0 Å². The number of hydrogen-bond acceptors (Lipinski definition) is 3. The Labute approximate surface area is 211 Å². The molecular formula is C29H30ClN5. The van der Waals surface area contributed by atoms with Gasteiger partial charge < -0.3 is 0 Å². The fraction of sp³-hybridized carbons (Fsp3) is 0.310. The van der Waals surface area contributed by atoms with Crippen LogP contribution >= 0.6 is 11.6 Å². The maximum Gasteiger partial charge on any atom is 0.221 e. The van der Waals surface area contributed by atoms with Crippen molar-refractivity contribution in [2.45, 2.75) is 52.6 Å². The highest BCUT2D eigenvalue weighted by Gasteiger charge is 2.28. The summed E-state index contributed by atoms with van der Waals surface area (Å²) in [4.78, 5) is 12.5. The molecular weight excluding hydrogens is 454 g/mol. The van der Waals surface area contributed by atoms with Crippen LogP contribution in [0.15, 0.2) is 60.8 Å². The van der Waals surface area contributed by atoms with Gasteiger partial charge in [-0.2, -0.15) is 0 Å². The van der Waals surface area contributed by atoms with Crippen LogP contribution in [0.3, 0.4) is 0 Å². The van der Waals surface area contributed by atoms with Crippen LogP contribution in [0.2, 0.25) is 5.02 Å². The van der Waals surface area contributed by atoms with E-state index in [-0.39, 0.29) is 0 Å². The largest absolute Gasteiger partial charge is 0.294 e. The van der Waals surface area contributed by atoms with Gasteiger partial charge in [-0.05, 0) is 81.5 Å². The second kappa shape index (κ2) is 8.81. The third kappa shape index (κ3) is 3.83. The number of halogens is 1. The molecule has 1 aliphatic rings. The zero-order valence-electron chi connectivity index (χ0n) is 20.5. The molecule has 0 bridgehead atoms. The number of benzene rings is 2. The van der Waals surface area contributed by atoms with Crippen molar-refractivity contribution in [3.63, 3.8) is 0 Å². The Morgan fingerprint density at radius 1 is 1.03 bits per heavy atom. The Morgan fingerprint density at radius 3 is 2.66 bits per heavy atom. The molecule has 1 unspecified atom stereocenters. The van der Waals surface area contributed by atoms with E-state index in [0.717, 1.165) is 64.0 Å². The summed E-state index contributed by atoms with van der Waals surface area (Å²) in [5.41, 5.74) is 8.87. The number of likely N-dealkylation sites (tertiary alicyclic amines) is 1. The Hall–Kier alpha value is -3.15. The molecule has 1 atom stereocenters. The van der Waals surface area contributed by atoms with Crippen molar-refractivity contribution < 1.29 is 0 Å². The third-order valence-electron chi connectivity index (χ3n) is 7.36. The van der Waals surface area contributed by atoms with E-state index in [1.807, 2.05) is 18.3 Å². The van der Waals surface area contributed by atoms with Crippen LogP contribution in [0.25, 0.3) is 22.6 Å². The lowest BCUT2D eigenvalue weighted by molar-refractivity contribution is 0.240. The van der Waals surface area contributed by atoms with Crippen molar-refractivity contribution in [2.75, 3.05) is 6.54 Å². The van der Waals surface area contributed by atoms with Crippen LogP contribution in [-0.4, -0.2) is 36.4 Å². The number of rotatable bonds is 5. The maximum absolute atomic E-state index is 6.81. The van der Waals surface area contributed by atoms with E-state index in [0.29, 0.717) is 6.04 Å². The van der Waals surface area contributed by atoms with Gasteiger partial charge in [0.1, 0.15) is 0 Å². The van der Waals surface area contributed by atoms with E-state index >= 15 is 0 Å². The molecule has 1 saturated heterocycles. The minimum absolute atomic E-state index is 0.544. The summed E-state index contributed by atoms with van der Waals surface area (Å²) in [6.07, 6.45) is 5.40. The van der Waals surface area contributed by atoms with Gasteiger partial charge in [0.05, 0.1) is 27.6 Å². The van der Waals surface area contributed by atoms with Gasteiger partial charge in [0.25, 0.3) is 0 Å². The second-order valence-electron chi connectivity index (χ2n) is 9.83. The molecule has 0 saturated carbocycles. The highest BCUT2D eigenvalue weighted by Crippen LogP contribution is 2.34. The average Bonchev–Trinajstić information content (AvgIpc) is 3.49. The topological polar surface area (TPSA) is 38.4 Å². The molecule has 0 spiro atoms. The van der Waals surface area contributed by atoms with Gasteiger partial charge in [0, 0.05) is 18.8 Å². The van der Waals surface area contributed by atoms with E-state index in [9.17, 15) is 0 Å². The second-order valence-corrected chi connectivity index (χ2v) is 10.2. The predicted molar refractivity (Wildman–Crippen MR) is 143 cm³/mol. The molecule has 35 heavy (non-hydrogen) atoms. The summed E-state index contributed by atoms with van der Waals surface area (Å²) < 4.78 is 4.43. The number of pyridine rings is 1. The first-order chi connectivity index (χ1) is 17.0. The summed E-state index contributed by atoms with van der Waals surface area (Å²) in [6.45, 7) is 8.29. The normalized spacial score (nSPS) is 16.6. The van der Waals surface area contributed by atoms with Gasteiger partial charge in [-0.15, -0.1) is 0 Å². The Kier molecular flexibility index (Phi) is 5.62. The molecule has 4 heterocycles. The molecule has 6 rings (SSSR count). The van der Waals surface area contributed by atoms with Gasteiger partial charge in [-0.1, -0.05) is 48.0 Å². The first-order valence-electron chi connectivity index (χ1n) is 12.4. The maximum atomic E-state index is 6.81. The molecule has 1 aliphatic heterocycles. The molecule has 2 aromatic carbocycles. The van der Waals surface area contributed by atoms with Crippen LogP contribution in [-0.2, 0) is 13.0 Å². The average molecular weight is 484 g/mol. The molecule has 0 aliphatic carbocycles. The van der Waals surface area contributed by atoms with Gasteiger partial charge in [0.2, 0.25) is 5.78 Å². The summed E-state index contributed by atoms with van der Waals surface area (Å²) in [6, 6.07) is 19.7. The van der Waals surface area contributed by atoms with Crippen LogP contribution < -0.4 is 0 Å². The number of aryl methyl sites for hydroxylation is 3. The SMILES string of the molecule is Cc1cc(C)c(-n2c3ncccc3n3c(CN4CCCC4Cc4ccccc4)c(C)nc23)c(Cl)c1. The zero-order chi connectivity index (χ0) is 24.1. The standard InChI is InChI=1S/C29H30ClN5/c1-19-15-20(2)27(24(30)16-19)35-28-25(12-7-13-31-28)34-26(21(3)32-29(34)35)18-33-14-8-11-23(33)17-22-9-5-4-6-10-22/h4-7,9-10,12-13,15-16,23H,8,11,14,17-18H2,1-3H3. The van der Waals surface area contributed by atoms with Crippen LogP contribution in [0.1, 0.15) is 40.9 Å². The number of nitrogens with zero attached hydrogens (tertiary/aromatic N) is 5. The van der Waals surface area contributed by atoms with Gasteiger partial charge in [-0.3, -0.25) is 13.9 Å². The van der Waals surface area contributed by atoms with Crippen molar-refractivity contribution in [1.29, 1.82) is 0 Å². The lowest BCUT2D eigenvalue weighted by Gasteiger charge is -2.24.